The zero-order chi connectivity index (χ0) is 13.9. The van der Waals surface area contributed by atoms with Crippen LogP contribution in [-0.2, 0) is 17.8 Å². The highest BCUT2D eigenvalue weighted by atomic mass is 35.5. The summed E-state index contributed by atoms with van der Waals surface area (Å²) in [4.78, 5) is 20.3. The number of hydrogen-bond donors (Lipinski definition) is 2. The first kappa shape index (κ1) is 19.6. The van der Waals surface area contributed by atoms with Crippen LogP contribution in [0.3, 0.4) is 0 Å². The molecule has 3 heterocycles. The Bertz CT molecular complexity index is 491. The number of nitrogens with one attached hydrogen (secondary N) is 2. The van der Waals surface area contributed by atoms with Crippen LogP contribution in [0.1, 0.15) is 36.8 Å². The zero-order valence-corrected chi connectivity index (χ0v) is 15.2. The summed E-state index contributed by atoms with van der Waals surface area (Å²) in [6.45, 7) is 6.35. The molecule has 5 nitrogen and oxygen atoms in total. The van der Waals surface area contributed by atoms with Crippen molar-refractivity contribution in [3.63, 3.8) is 0 Å². The largest absolute Gasteiger partial charge is 0.313 e. The Morgan fingerprint density at radius 2 is 2.32 bits per heavy atom. The molecule has 0 spiro atoms. The summed E-state index contributed by atoms with van der Waals surface area (Å²) in [7, 11) is 0. The molecule has 1 aromatic rings. The molecule has 1 unspecified atom stereocenters. The number of aromatic nitrogens is 1. The van der Waals surface area contributed by atoms with Crippen molar-refractivity contribution >= 4 is 47.2 Å². The molecule has 22 heavy (non-hydrogen) atoms. The van der Waals surface area contributed by atoms with E-state index in [2.05, 4.69) is 27.4 Å². The summed E-state index contributed by atoms with van der Waals surface area (Å²) in [5.41, 5.74) is 1.17. The molecule has 3 rings (SSSR count). The molecule has 1 aromatic heterocycles. The standard InChI is InChI=1S/C14H22N4OS.2ClH/c1-2-18-7-5-11-12(9-18)20-14(16-11)17-13(19)8-10-4-3-6-15-10;;/h10,15H,2-9H2,1H3,(H,16,17,19);2*1H. The molecule has 126 valence electrons. The fourth-order valence-electron chi connectivity index (χ4n) is 2.90. The molecule has 1 fully saturated rings. The van der Waals surface area contributed by atoms with Crippen molar-refractivity contribution in [2.24, 2.45) is 0 Å². The normalized spacial score (nSPS) is 20.7. The highest BCUT2D eigenvalue weighted by molar-refractivity contribution is 7.15. The maximum absolute atomic E-state index is 12.0. The van der Waals surface area contributed by atoms with E-state index in [1.54, 1.807) is 11.3 Å². The number of fused-ring (bicyclic) bond motifs is 1. The summed E-state index contributed by atoms with van der Waals surface area (Å²) >= 11 is 1.64. The van der Waals surface area contributed by atoms with Crippen molar-refractivity contribution in [3.05, 3.63) is 10.6 Å². The molecule has 2 N–H and O–H groups in total. The Morgan fingerprint density at radius 3 is 3.00 bits per heavy atom. The quantitative estimate of drug-likeness (QED) is 0.858. The Morgan fingerprint density at radius 1 is 1.50 bits per heavy atom. The van der Waals surface area contributed by atoms with Gasteiger partial charge in [-0.2, -0.15) is 0 Å². The van der Waals surface area contributed by atoms with Gasteiger partial charge in [0.1, 0.15) is 0 Å². The van der Waals surface area contributed by atoms with E-state index >= 15 is 0 Å². The number of halogens is 2. The predicted octanol–water partition coefficient (Wildman–Crippen LogP) is 2.45. The van der Waals surface area contributed by atoms with Gasteiger partial charge in [0.15, 0.2) is 5.13 Å². The molecule has 0 aliphatic carbocycles. The van der Waals surface area contributed by atoms with E-state index in [-0.39, 0.29) is 30.7 Å². The van der Waals surface area contributed by atoms with E-state index in [9.17, 15) is 4.79 Å². The lowest BCUT2D eigenvalue weighted by Gasteiger charge is -2.23. The van der Waals surface area contributed by atoms with Gasteiger partial charge in [0.25, 0.3) is 0 Å². The highest BCUT2D eigenvalue weighted by Gasteiger charge is 2.22. The number of carbonyl (C=O) groups is 1. The Labute approximate surface area is 148 Å². The fraction of sp³-hybridized carbons (Fsp3) is 0.714. The van der Waals surface area contributed by atoms with E-state index in [4.69, 9.17) is 0 Å². The van der Waals surface area contributed by atoms with Crippen LogP contribution >= 0.6 is 36.2 Å². The summed E-state index contributed by atoms with van der Waals surface area (Å²) in [6.07, 6.45) is 3.84. The lowest BCUT2D eigenvalue weighted by Crippen LogP contribution is -2.29. The second kappa shape index (κ2) is 9.03. The van der Waals surface area contributed by atoms with Crippen LogP contribution in [0.2, 0.25) is 0 Å². The molecule has 0 aromatic carbocycles. The van der Waals surface area contributed by atoms with Gasteiger partial charge in [-0.3, -0.25) is 9.69 Å². The molecular formula is C14H24Cl2N4OS. The second-order valence-corrected chi connectivity index (χ2v) is 6.64. The van der Waals surface area contributed by atoms with Crippen LogP contribution in [-0.4, -0.2) is 41.5 Å². The molecule has 0 saturated carbocycles. The molecule has 8 heteroatoms. The number of rotatable bonds is 4. The van der Waals surface area contributed by atoms with E-state index in [0.29, 0.717) is 12.5 Å². The van der Waals surface area contributed by atoms with Crippen LogP contribution in [0.4, 0.5) is 5.13 Å². The van der Waals surface area contributed by atoms with Crippen molar-refractivity contribution < 1.29 is 4.79 Å². The van der Waals surface area contributed by atoms with Crippen molar-refractivity contribution in [1.82, 2.24) is 15.2 Å². The molecule has 0 radical (unpaired) electrons. The Balaban J connectivity index is 0.00000121. The minimum Gasteiger partial charge on any atom is -0.313 e. The molecule has 1 amide bonds. The lowest BCUT2D eigenvalue weighted by molar-refractivity contribution is -0.116. The number of likely N-dealkylation sites (N-methyl/N-ethyl adjacent to an activating group) is 1. The minimum absolute atomic E-state index is 0. The third kappa shape index (κ3) is 4.80. The zero-order valence-electron chi connectivity index (χ0n) is 12.8. The number of carbonyl (C=O) groups excluding carboxylic acids is 1. The monoisotopic (exact) mass is 366 g/mol. The van der Waals surface area contributed by atoms with Crippen LogP contribution in [0.15, 0.2) is 0 Å². The highest BCUT2D eigenvalue weighted by Crippen LogP contribution is 2.28. The van der Waals surface area contributed by atoms with Gasteiger partial charge in [-0.25, -0.2) is 4.98 Å². The van der Waals surface area contributed by atoms with Gasteiger partial charge >= 0.3 is 0 Å². The van der Waals surface area contributed by atoms with Crippen molar-refractivity contribution in [2.45, 2.75) is 45.2 Å². The Hall–Kier alpha value is -0.400. The van der Waals surface area contributed by atoms with E-state index in [1.807, 2.05) is 0 Å². The van der Waals surface area contributed by atoms with Crippen molar-refractivity contribution in [3.8, 4) is 0 Å². The number of amides is 1. The smallest absolute Gasteiger partial charge is 0.227 e. The number of hydrogen-bond acceptors (Lipinski definition) is 5. The van der Waals surface area contributed by atoms with E-state index in [0.717, 1.165) is 44.2 Å². The summed E-state index contributed by atoms with van der Waals surface area (Å²) in [6, 6.07) is 0.347. The third-order valence-corrected chi connectivity index (χ3v) is 5.10. The maximum Gasteiger partial charge on any atom is 0.227 e. The Kier molecular flexibility index (Phi) is 8.07. The molecule has 1 saturated heterocycles. The van der Waals surface area contributed by atoms with Gasteiger partial charge in [0.2, 0.25) is 5.91 Å². The first-order valence-corrected chi connectivity index (χ1v) is 8.30. The van der Waals surface area contributed by atoms with E-state index < -0.39 is 0 Å². The van der Waals surface area contributed by atoms with Gasteiger partial charge in [-0.05, 0) is 25.9 Å². The molecule has 1 atom stereocenters. The minimum atomic E-state index is 0. The first-order chi connectivity index (χ1) is 9.74. The van der Waals surface area contributed by atoms with Gasteiger partial charge < -0.3 is 10.6 Å². The average molecular weight is 367 g/mol. The number of thiazole rings is 1. The van der Waals surface area contributed by atoms with Gasteiger partial charge in [-0.15, -0.1) is 36.2 Å². The van der Waals surface area contributed by atoms with E-state index in [1.165, 1.54) is 17.0 Å². The van der Waals surface area contributed by atoms with Gasteiger partial charge in [-0.1, -0.05) is 6.92 Å². The average Bonchev–Trinajstić information content (AvgIpc) is 3.06. The number of nitrogens with zero attached hydrogens (tertiary/aromatic N) is 2. The molecular weight excluding hydrogens is 343 g/mol. The van der Waals surface area contributed by atoms with Crippen LogP contribution in [0.5, 0.6) is 0 Å². The third-order valence-electron chi connectivity index (χ3n) is 4.10. The van der Waals surface area contributed by atoms with Crippen molar-refractivity contribution in [2.75, 3.05) is 25.0 Å². The summed E-state index contributed by atoms with van der Waals surface area (Å²) < 4.78 is 0. The topological polar surface area (TPSA) is 57.3 Å². The first-order valence-electron chi connectivity index (χ1n) is 7.48. The van der Waals surface area contributed by atoms with Crippen LogP contribution in [0, 0.1) is 0 Å². The summed E-state index contributed by atoms with van der Waals surface area (Å²) in [5.74, 6) is 0.0860. The summed E-state index contributed by atoms with van der Waals surface area (Å²) in [5, 5.41) is 7.09. The van der Waals surface area contributed by atoms with Gasteiger partial charge in [0.05, 0.1) is 5.69 Å². The SMILES string of the molecule is CCN1CCc2nc(NC(=O)CC3CCCN3)sc2C1.Cl.Cl. The predicted molar refractivity (Wildman–Crippen MR) is 95.5 cm³/mol. The van der Waals surface area contributed by atoms with Crippen molar-refractivity contribution in [1.29, 1.82) is 0 Å². The maximum atomic E-state index is 12.0. The molecule has 0 bridgehead atoms. The second-order valence-electron chi connectivity index (χ2n) is 5.55. The lowest BCUT2D eigenvalue weighted by atomic mass is 10.1. The van der Waals surface area contributed by atoms with Crippen LogP contribution < -0.4 is 10.6 Å². The van der Waals surface area contributed by atoms with Gasteiger partial charge in [0, 0.05) is 36.9 Å². The van der Waals surface area contributed by atoms with Crippen LogP contribution in [0.25, 0.3) is 0 Å². The number of anilines is 1. The molecule has 2 aliphatic rings. The molecule has 2 aliphatic heterocycles. The fourth-order valence-corrected chi connectivity index (χ4v) is 3.96.